The van der Waals surface area contributed by atoms with Crippen molar-refractivity contribution in [3.8, 4) is 23.3 Å². The Morgan fingerprint density at radius 3 is 1.74 bits per heavy atom. The molecule has 0 aliphatic carbocycles. The molecule has 0 aliphatic rings. The number of aromatic nitrogens is 4. The highest BCUT2D eigenvalue weighted by Crippen LogP contribution is 2.43. The van der Waals surface area contributed by atoms with E-state index in [9.17, 15) is 24.9 Å². The molecule has 2 aromatic heterocycles. The number of halogens is 1. The van der Waals surface area contributed by atoms with Gasteiger partial charge in [-0.1, -0.05) is 0 Å². The highest BCUT2D eigenvalue weighted by atomic mass is 79.9. The highest BCUT2D eigenvalue weighted by molar-refractivity contribution is 9.10. The van der Waals surface area contributed by atoms with Gasteiger partial charge in [0.25, 0.3) is 11.1 Å². The SMILES string of the molecule is CCOc1cc(C(c2c(O)n(C)c(=S)n(C)c2=O)c2c(O)n(C)c(=S)n(C)c2=O)cc(Br)c1O. The molecule has 3 aromatic rings. The molecule has 0 bridgehead atoms. The van der Waals surface area contributed by atoms with Gasteiger partial charge in [-0.25, -0.2) is 0 Å². The molecule has 10 nitrogen and oxygen atoms in total. The summed E-state index contributed by atoms with van der Waals surface area (Å²) in [6, 6.07) is 2.92. The highest BCUT2D eigenvalue weighted by Gasteiger charge is 2.33. The minimum Gasteiger partial charge on any atom is -0.503 e. The van der Waals surface area contributed by atoms with E-state index in [2.05, 4.69) is 15.9 Å². The van der Waals surface area contributed by atoms with Gasteiger partial charge in [0, 0.05) is 28.2 Å². The Balaban J connectivity index is 2.61. The molecular formula is C21H23BrN4O6S2. The van der Waals surface area contributed by atoms with Gasteiger partial charge < -0.3 is 20.1 Å². The van der Waals surface area contributed by atoms with Crippen molar-refractivity contribution >= 4 is 40.4 Å². The summed E-state index contributed by atoms with van der Waals surface area (Å²) in [5.41, 5.74) is -1.47. The Morgan fingerprint density at radius 1 is 0.882 bits per heavy atom. The van der Waals surface area contributed by atoms with Crippen LogP contribution in [0.2, 0.25) is 0 Å². The third kappa shape index (κ3) is 3.97. The Labute approximate surface area is 212 Å². The first kappa shape index (κ1) is 25.7. The second-order valence-corrected chi connectivity index (χ2v) is 9.19. The molecule has 0 saturated carbocycles. The fraction of sp³-hybridized carbons (Fsp3) is 0.333. The lowest BCUT2D eigenvalue weighted by Gasteiger charge is -2.24. The molecule has 2 heterocycles. The number of hydrogen-bond donors (Lipinski definition) is 3. The summed E-state index contributed by atoms with van der Waals surface area (Å²) in [7, 11) is 5.82. The molecule has 34 heavy (non-hydrogen) atoms. The minimum atomic E-state index is -1.28. The van der Waals surface area contributed by atoms with E-state index in [1.807, 2.05) is 0 Å². The van der Waals surface area contributed by atoms with Gasteiger partial charge in [0.15, 0.2) is 21.0 Å². The molecule has 3 N–H and O–H groups in total. The predicted molar refractivity (Wildman–Crippen MR) is 134 cm³/mol. The maximum Gasteiger partial charge on any atom is 0.262 e. The lowest BCUT2D eigenvalue weighted by molar-refractivity contribution is 0.316. The van der Waals surface area contributed by atoms with E-state index in [-0.39, 0.29) is 48.8 Å². The van der Waals surface area contributed by atoms with Crippen LogP contribution in [0.5, 0.6) is 23.3 Å². The third-order valence-corrected chi connectivity index (χ3v) is 7.30. The average Bonchev–Trinajstić information content (AvgIpc) is 2.81. The monoisotopic (exact) mass is 570 g/mol. The summed E-state index contributed by atoms with van der Waals surface area (Å²) in [5, 5.41) is 32.4. The summed E-state index contributed by atoms with van der Waals surface area (Å²) in [6.07, 6.45) is 0. The number of phenols is 1. The molecule has 0 aliphatic heterocycles. The van der Waals surface area contributed by atoms with Crippen molar-refractivity contribution in [1.82, 2.24) is 18.3 Å². The number of aromatic hydroxyl groups is 3. The summed E-state index contributed by atoms with van der Waals surface area (Å²) >= 11 is 13.7. The molecule has 13 heteroatoms. The van der Waals surface area contributed by atoms with Gasteiger partial charge in [-0.15, -0.1) is 0 Å². The van der Waals surface area contributed by atoms with Gasteiger partial charge in [0.05, 0.1) is 28.1 Å². The van der Waals surface area contributed by atoms with E-state index in [0.717, 1.165) is 9.13 Å². The maximum absolute atomic E-state index is 13.4. The number of rotatable bonds is 5. The third-order valence-electron chi connectivity index (χ3n) is 5.60. The molecule has 0 radical (unpaired) electrons. The zero-order valence-electron chi connectivity index (χ0n) is 19.0. The van der Waals surface area contributed by atoms with Crippen LogP contribution in [0.15, 0.2) is 26.2 Å². The van der Waals surface area contributed by atoms with Crippen molar-refractivity contribution in [2.75, 3.05) is 6.61 Å². The average molecular weight is 571 g/mol. The van der Waals surface area contributed by atoms with Crippen LogP contribution >= 0.6 is 40.4 Å². The van der Waals surface area contributed by atoms with Crippen molar-refractivity contribution in [3.05, 3.63) is 63.5 Å². The van der Waals surface area contributed by atoms with Crippen molar-refractivity contribution in [1.29, 1.82) is 0 Å². The van der Waals surface area contributed by atoms with E-state index in [0.29, 0.717) is 0 Å². The molecule has 3 rings (SSSR count). The summed E-state index contributed by atoms with van der Waals surface area (Å²) in [5.74, 6) is -2.34. The molecular weight excluding hydrogens is 548 g/mol. The molecule has 0 atom stereocenters. The standard InChI is InChI=1S/C21H23BrN4O6S2/c1-6-32-11-8-9(7-10(22)15(11)27)12(13-16(28)23(2)20(33)24(3)17(13)29)14-18(30)25(4)21(34)26(5)19(14)31/h7-8,12,27-28,30H,6H2,1-5H3. The number of nitrogens with zero attached hydrogens (tertiary/aromatic N) is 4. The van der Waals surface area contributed by atoms with Crippen LogP contribution in [0.25, 0.3) is 0 Å². The van der Waals surface area contributed by atoms with Crippen molar-refractivity contribution in [2.45, 2.75) is 12.8 Å². The van der Waals surface area contributed by atoms with Crippen LogP contribution in [0.3, 0.4) is 0 Å². The van der Waals surface area contributed by atoms with Crippen LogP contribution < -0.4 is 15.9 Å². The molecule has 0 spiro atoms. The Hall–Kier alpha value is -2.90. The number of benzene rings is 1. The molecule has 1 aromatic carbocycles. The van der Waals surface area contributed by atoms with Crippen molar-refractivity contribution < 1.29 is 20.1 Å². The number of ether oxygens (including phenoxy) is 1. The Kier molecular flexibility index (Phi) is 7.10. The van der Waals surface area contributed by atoms with E-state index < -0.39 is 28.8 Å². The van der Waals surface area contributed by atoms with E-state index in [4.69, 9.17) is 29.2 Å². The molecule has 0 saturated heterocycles. The normalized spacial score (nSPS) is 11.3. The van der Waals surface area contributed by atoms with E-state index >= 15 is 0 Å². The fourth-order valence-corrected chi connectivity index (χ4v) is 4.53. The molecule has 0 amide bonds. The first-order valence-corrected chi connectivity index (χ1v) is 11.6. The van der Waals surface area contributed by atoms with Crippen LogP contribution in [0.4, 0.5) is 0 Å². The first-order valence-electron chi connectivity index (χ1n) is 9.97. The summed E-state index contributed by atoms with van der Waals surface area (Å²) in [4.78, 5) is 26.8. The second kappa shape index (κ2) is 9.39. The van der Waals surface area contributed by atoms with Gasteiger partial charge in [0.1, 0.15) is 0 Å². The Bertz CT molecular complexity index is 1470. The van der Waals surface area contributed by atoms with Gasteiger partial charge in [-0.2, -0.15) is 0 Å². The van der Waals surface area contributed by atoms with Gasteiger partial charge in [0.2, 0.25) is 11.8 Å². The van der Waals surface area contributed by atoms with Crippen molar-refractivity contribution in [3.63, 3.8) is 0 Å². The topological polar surface area (TPSA) is 124 Å². The van der Waals surface area contributed by atoms with Crippen molar-refractivity contribution in [2.24, 2.45) is 28.2 Å². The van der Waals surface area contributed by atoms with Crippen LogP contribution in [-0.4, -0.2) is 40.2 Å². The van der Waals surface area contributed by atoms with Gasteiger partial charge in [-0.05, 0) is 65.0 Å². The maximum atomic E-state index is 13.4. The van der Waals surface area contributed by atoms with E-state index in [1.54, 1.807) is 6.92 Å². The summed E-state index contributed by atoms with van der Waals surface area (Å²) < 4.78 is 10.6. The smallest absolute Gasteiger partial charge is 0.262 e. The van der Waals surface area contributed by atoms with Crippen LogP contribution in [0.1, 0.15) is 29.5 Å². The lowest BCUT2D eigenvalue weighted by atomic mass is 9.86. The largest absolute Gasteiger partial charge is 0.503 e. The Morgan fingerprint density at radius 2 is 1.32 bits per heavy atom. The minimum absolute atomic E-state index is 0.0514. The van der Waals surface area contributed by atoms with Crippen LogP contribution in [0, 0.1) is 9.54 Å². The molecule has 0 unspecified atom stereocenters. The number of phenolic OH excluding ortho intramolecular Hbond substituents is 1. The van der Waals surface area contributed by atoms with Crippen LogP contribution in [-0.2, 0) is 28.2 Å². The first-order chi connectivity index (χ1) is 15.8. The zero-order chi connectivity index (χ0) is 25.6. The molecule has 182 valence electrons. The van der Waals surface area contributed by atoms with E-state index in [1.165, 1.54) is 49.5 Å². The predicted octanol–water partition coefficient (Wildman–Crippen LogP) is 2.68. The van der Waals surface area contributed by atoms with Gasteiger partial charge in [-0.3, -0.25) is 27.9 Å². The number of hydrogen-bond acceptors (Lipinski definition) is 8. The fourth-order valence-electron chi connectivity index (χ4n) is 3.73. The molecule has 0 fully saturated rings. The zero-order valence-corrected chi connectivity index (χ0v) is 22.2. The quantitative estimate of drug-likeness (QED) is 0.400. The second-order valence-electron chi connectivity index (χ2n) is 7.60. The van der Waals surface area contributed by atoms with Gasteiger partial charge >= 0.3 is 0 Å². The lowest BCUT2D eigenvalue weighted by Crippen LogP contribution is -2.33. The summed E-state index contributed by atoms with van der Waals surface area (Å²) in [6.45, 7) is 1.96.